The highest BCUT2D eigenvalue weighted by Gasteiger charge is 2.27. The van der Waals surface area contributed by atoms with Gasteiger partial charge in [-0.2, -0.15) is 0 Å². The zero-order valence-corrected chi connectivity index (χ0v) is 24.0. The van der Waals surface area contributed by atoms with Crippen molar-refractivity contribution in [3.05, 3.63) is 136 Å². The van der Waals surface area contributed by atoms with Gasteiger partial charge in [0.1, 0.15) is 12.6 Å². The molecule has 0 aliphatic carbocycles. The van der Waals surface area contributed by atoms with Gasteiger partial charge < -0.3 is 10.1 Å². The summed E-state index contributed by atoms with van der Waals surface area (Å²) in [6.45, 7) is -0.226. The molecular formula is C31H29BrN2O5S. The zero-order valence-electron chi connectivity index (χ0n) is 21.6. The third kappa shape index (κ3) is 8.61. The molecular weight excluding hydrogens is 592 g/mol. The second kappa shape index (κ2) is 14.0. The van der Waals surface area contributed by atoms with Crippen molar-refractivity contribution in [3.8, 4) is 0 Å². The van der Waals surface area contributed by atoms with Gasteiger partial charge in [0, 0.05) is 16.5 Å². The minimum Gasteiger partial charge on any atom is -0.462 e. The Labute approximate surface area is 242 Å². The molecule has 2 N–H and O–H groups in total. The first-order chi connectivity index (χ1) is 19.3. The van der Waals surface area contributed by atoms with Crippen LogP contribution in [0.1, 0.15) is 21.5 Å². The van der Waals surface area contributed by atoms with Gasteiger partial charge in [-0.1, -0.05) is 94.8 Å². The van der Waals surface area contributed by atoms with E-state index in [4.69, 9.17) is 4.74 Å². The molecule has 0 bridgehead atoms. The number of sulfonamides is 1. The smallest absolute Gasteiger partial charge is 0.329 e. The number of amides is 1. The molecule has 4 rings (SSSR count). The standard InChI is InChI=1S/C31H29BrN2O5S/c32-26-16-18-28(19-17-26)40(37,38)34-27(20-23-10-4-1-5-11-23)22-39-31(36)29(21-24-12-6-2-7-13-24)33-30(35)25-14-8-3-9-15-25/h1-19,27,29,34H,20-22H2,(H,33,35)/t27-,29-/m1/s1. The molecule has 0 saturated heterocycles. The van der Waals surface area contributed by atoms with Gasteiger partial charge in [-0.3, -0.25) is 4.79 Å². The van der Waals surface area contributed by atoms with Crippen LogP contribution in [0, 0.1) is 0 Å². The summed E-state index contributed by atoms with van der Waals surface area (Å²) in [5.41, 5.74) is 2.13. The average Bonchev–Trinajstić information content (AvgIpc) is 2.97. The summed E-state index contributed by atoms with van der Waals surface area (Å²) in [5, 5.41) is 2.78. The maximum atomic E-state index is 13.3. The summed E-state index contributed by atoms with van der Waals surface area (Å²) in [5.74, 6) is -1.07. The van der Waals surface area contributed by atoms with Crippen molar-refractivity contribution in [2.45, 2.75) is 29.8 Å². The van der Waals surface area contributed by atoms with Crippen molar-refractivity contribution < 1.29 is 22.7 Å². The highest BCUT2D eigenvalue weighted by atomic mass is 79.9. The Kier molecular flexibility index (Phi) is 10.2. The monoisotopic (exact) mass is 620 g/mol. The van der Waals surface area contributed by atoms with Crippen molar-refractivity contribution in [2.75, 3.05) is 6.61 Å². The first-order valence-corrected chi connectivity index (χ1v) is 15.0. The number of halogens is 1. The number of ether oxygens (including phenoxy) is 1. The number of carbonyl (C=O) groups excluding carboxylic acids is 2. The molecule has 9 heteroatoms. The Morgan fingerprint density at radius 3 is 1.82 bits per heavy atom. The largest absolute Gasteiger partial charge is 0.462 e. The Balaban J connectivity index is 1.51. The van der Waals surface area contributed by atoms with Crippen molar-refractivity contribution in [2.24, 2.45) is 0 Å². The number of benzene rings is 4. The van der Waals surface area contributed by atoms with Crippen LogP contribution in [0.4, 0.5) is 0 Å². The fraction of sp³-hybridized carbons (Fsp3) is 0.161. The van der Waals surface area contributed by atoms with Crippen LogP contribution in [0.25, 0.3) is 0 Å². The lowest BCUT2D eigenvalue weighted by Crippen LogP contribution is -2.46. The van der Waals surface area contributed by atoms with Gasteiger partial charge in [0.15, 0.2) is 0 Å². The first kappa shape index (κ1) is 29.2. The van der Waals surface area contributed by atoms with Crippen molar-refractivity contribution >= 4 is 37.8 Å². The molecule has 0 radical (unpaired) electrons. The molecule has 0 unspecified atom stereocenters. The van der Waals surface area contributed by atoms with Crippen LogP contribution in [0.15, 0.2) is 125 Å². The van der Waals surface area contributed by atoms with E-state index in [0.29, 0.717) is 12.0 Å². The van der Waals surface area contributed by atoms with Crippen molar-refractivity contribution in [3.63, 3.8) is 0 Å². The van der Waals surface area contributed by atoms with Gasteiger partial charge in [-0.05, 0) is 53.9 Å². The van der Waals surface area contributed by atoms with Crippen LogP contribution in [0.5, 0.6) is 0 Å². The van der Waals surface area contributed by atoms with Crippen LogP contribution in [-0.2, 0) is 32.4 Å². The van der Waals surface area contributed by atoms with E-state index in [1.807, 2.05) is 60.7 Å². The van der Waals surface area contributed by atoms with Crippen LogP contribution in [0.2, 0.25) is 0 Å². The van der Waals surface area contributed by atoms with Gasteiger partial charge in [0.25, 0.3) is 5.91 Å². The predicted octanol–water partition coefficient (Wildman–Crippen LogP) is 4.92. The molecule has 4 aromatic rings. The van der Waals surface area contributed by atoms with Gasteiger partial charge >= 0.3 is 5.97 Å². The van der Waals surface area contributed by atoms with Crippen LogP contribution in [-0.4, -0.2) is 39.0 Å². The summed E-state index contributed by atoms with van der Waals surface area (Å²) in [7, 11) is -3.90. The van der Waals surface area contributed by atoms with E-state index in [-0.39, 0.29) is 17.9 Å². The van der Waals surface area contributed by atoms with Gasteiger partial charge in [0.2, 0.25) is 10.0 Å². The molecule has 4 aromatic carbocycles. The van der Waals surface area contributed by atoms with E-state index >= 15 is 0 Å². The summed E-state index contributed by atoms with van der Waals surface area (Å²) >= 11 is 3.31. The maximum Gasteiger partial charge on any atom is 0.329 e. The van der Waals surface area contributed by atoms with E-state index < -0.39 is 34.0 Å². The van der Waals surface area contributed by atoms with Crippen LogP contribution in [0.3, 0.4) is 0 Å². The topological polar surface area (TPSA) is 102 Å². The third-order valence-corrected chi connectivity index (χ3v) is 8.17. The minimum absolute atomic E-state index is 0.0946. The number of carbonyl (C=O) groups is 2. The van der Waals surface area contributed by atoms with E-state index in [1.54, 1.807) is 42.5 Å². The van der Waals surface area contributed by atoms with Crippen LogP contribution >= 0.6 is 15.9 Å². The fourth-order valence-electron chi connectivity index (χ4n) is 4.09. The molecule has 206 valence electrons. The van der Waals surface area contributed by atoms with E-state index in [0.717, 1.165) is 15.6 Å². The molecule has 0 heterocycles. The predicted molar refractivity (Wildman–Crippen MR) is 157 cm³/mol. The number of hydrogen-bond acceptors (Lipinski definition) is 5. The second-order valence-corrected chi connectivity index (χ2v) is 11.8. The Bertz CT molecular complexity index is 1500. The zero-order chi connectivity index (χ0) is 28.4. The van der Waals surface area contributed by atoms with Gasteiger partial charge in [-0.15, -0.1) is 0 Å². The van der Waals surface area contributed by atoms with E-state index in [2.05, 4.69) is 26.0 Å². The SMILES string of the molecule is O=C(N[C@H](Cc1ccccc1)C(=O)OC[C@@H](Cc1ccccc1)NS(=O)(=O)c1ccc(Br)cc1)c1ccccc1. The number of hydrogen-bond donors (Lipinski definition) is 2. The molecule has 40 heavy (non-hydrogen) atoms. The third-order valence-electron chi connectivity index (χ3n) is 6.11. The lowest BCUT2D eigenvalue weighted by Gasteiger charge is -2.22. The summed E-state index contributed by atoms with van der Waals surface area (Å²) < 4.78 is 35.4. The molecule has 0 fully saturated rings. The highest BCUT2D eigenvalue weighted by molar-refractivity contribution is 9.10. The van der Waals surface area contributed by atoms with Crippen molar-refractivity contribution in [1.29, 1.82) is 0 Å². The highest BCUT2D eigenvalue weighted by Crippen LogP contribution is 2.16. The number of rotatable bonds is 12. The average molecular weight is 622 g/mol. The number of nitrogens with one attached hydrogen (secondary N) is 2. The quantitative estimate of drug-likeness (QED) is 0.219. The van der Waals surface area contributed by atoms with E-state index in [1.165, 1.54) is 12.1 Å². The Morgan fingerprint density at radius 1 is 0.725 bits per heavy atom. The molecule has 7 nitrogen and oxygen atoms in total. The minimum atomic E-state index is -3.90. The molecule has 0 spiro atoms. The van der Waals surface area contributed by atoms with Crippen molar-refractivity contribution in [1.82, 2.24) is 10.0 Å². The fourth-order valence-corrected chi connectivity index (χ4v) is 5.58. The molecule has 0 aromatic heterocycles. The molecule has 0 aliphatic rings. The molecule has 1 amide bonds. The Hall–Kier alpha value is -3.79. The summed E-state index contributed by atoms with van der Waals surface area (Å²) in [6.07, 6.45) is 0.510. The maximum absolute atomic E-state index is 13.3. The lowest BCUT2D eigenvalue weighted by molar-refractivity contribution is -0.146. The normalized spacial score (nSPS) is 12.7. The Morgan fingerprint density at radius 2 is 1.25 bits per heavy atom. The molecule has 0 aliphatic heterocycles. The summed E-state index contributed by atoms with van der Waals surface area (Å²) in [4.78, 5) is 26.3. The molecule has 2 atom stereocenters. The van der Waals surface area contributed by atoms with Crippen LogP contribution < -0.4 is 10.0 Å². The van der Waals surface area contributed by atoms with E-state index in [9.17, 15) is 18.0 Å². The first-order valence-electron chi connectivity index (χ1n) is 12.7. The lowest BCUT2D eigenvalue weighted by atomic mass is 10.1. The second-order valence-electron chi connectivity index (χ2n) is 9.17. The van der Waals surface area contributed by atoms with Gasteiger partial charge in [-0.25, -0.2) is 17.9 Å². The van der Waals surface area contributed by atoms with Gasteiger partial charge in [0.05, 0.1) is 10.9 Å². The molecule has 0 saturated carbocycles. The number of esters is 1. The summed E-state index contributed by atoms with van der Waals surface area (Å²) in [6, 6.07) is 31.8.